The predicted molar refractivity (Wildman–Crippen MR) is 128 cm³/mol. The van der Waals surface area contributed by atoms with Gasteiger partial charge in [-0.3, -0.25) is 9.59 Å². The third-order valence-corrected chi connectivity index (χ3v) is 6.26. The van der Waals surface area contributed by atoms with E-state index in [1.165, 1.54) is 0 Å². The highest BCUT2D eigenvalue weighted by Gasteiger charge is 2.26. The van der Waals surface area contributed by atoms with Crippen LogP contribution in [0.4, 0.5) is 0 Å². The van der Waals surface area contributed by atoms with Gasteiger partial charge in [-0.05, 0) is 56.2 Å². The summed E-state index contributed by atoms with van der Waals surface area (Å²) in [6.45, 7) is 6.01. The minimum atomic E-state index is -0.544. The zero-order chi connectivity index (χ0) is 21.4. The first-order chi connectivity index (χ1) is 13.8. The summed E-state index contributed by atoms with van der Waals surface area (Å²) in [6, 6.07) is 15.4. The summed E-state index contributed by atoms with van der Waals surface area (Å²) < 4.78 is 1.99. The van der Waals surface area contributed by atoms with Crippen molar-refractivity contribution >= 4 is 55.4 Å². The Morgan fingerprint density at radius 3 is 2.31 bits per heavy atom. The molecule has 1 N–H and O–H groups in total. The van der Waals surface area contributed by atoms with E-state index in [0.717, 1.165) is 25.8 Å². The molecule has 0 saturated carbocycles. The largest absolute Gasteiger partial charge is 0.352 e. The molecule has 0 aromatic heterocycles. The summed E-state index contributed by atoms with van der Waals surface area (Å²) in [5.41, 5.74) is 2.14. The Morgan fingerprint density at radius 2 is 1.69 bits per heavy atom. The average molecular weight is 542 g/mol. The van der Waals surface area contributed by atoms with Gasteiger partial charge in [0.25, 0.3) is 0 Å². The maximum Gasteiger partial charge on any atom is 0.242 e. The number of hydrogen-bond donors (Lipinski definition) is 1. The molecular formula is C22H26Br2N2O2S. The highest BCUT2D eigenvalue weighted by Crippen LogP contribution is 2.19. The maximum atomic E-state index is 13.0. The van der Waals surface area contributed by atoms with Crippen LogP contribution in [0.2, 0.25) is 0 Å². The first-order valence-electron chi connectivity index (χ1n) is 9.42. The molecule has 2 rings (SSSR count). The molecule has 0 spiro atoms. The Kier molecular flexibility index (Phi) is 9.72. The molecule has 4 nitrogen and oxygen atoms in total. The quantitative estimate of drug-likeness (QED) is 0.463. The molecule has 0 aliphatic carbocycles. The van der Waals surface area contributed by atoms with Crippen molar-refractivity contribution in [3.05, 3.63) is 68.6 Å². The topological polar surface area (TPSA) is 49.4 Å². The average Bonchev–Trinajstić information content (AvgIpc) is 2.66. The van der Waals surface area contributed by atoms with Crippen LogP contribution in [-0.2, 0) is 21.9 Å². The van der Waals surface area contributed by atoms with Crippen LogP contribution in [0.15, 0.2) is 57.5 Å². The fourth-order valence-corrected chi connectivity index (χ4v) is 4.32. The molecule has 0 radical (unpaired) electrons. The molecule has 2 aromatic rings. The van der Waals surface area contributed by atoms with E-state index < -0.39 is 6.04 Å². The van der Waals surface area contributed by atoms with Gasteiger partial charge in [0.15, 0.2) is 0 Å². The monoisotopic (exact) mass is 540 g/mol. The molecule has 1 unspecified atom stereocenters. The predicted octanol–water partition coefficient (Wildman–Crippen LogP) is 5.39. The molecular weight excluding hydrogens is 516 g/mol. The van der Waals surface area contributed by atoms with Crippen LogP contribution in [0.25, 0.3) is 0 Å². The van der Waals surface area contributed by atoms with Crippen molar-refractivity contribution < 1.29 is 9.59 Å². The standard InChI is InChI=1S/C22H26Br2N2O2S/c1-15(2)25-22(28)16(3)26(12-18-5-4-6-20(24)11-18)21(27)14-29-13-17-7-9-19(23)10-8-17/h4-11,15-16H,12-14H2,1-3H3,(H,25,28). The van der Waals surface area contributed by atoms with E-state index in [4.69, 9.17) is 0 Å². The lowest BCUT2D eigenvalue weighted by Gasteiger charge is -2.29. The molecule has 2 amide bonds. The zero-order valence-corrected chi connectivity index (χ0v) is 20.8. The highest BCUT2D eigenvalue weighted by atomic mass is 79.9. The van der Waals surface area contributed by atoms with Gasteiger partial charge in [-0.1, -0.05) is 56.1 Å². The lowest BCUT2D eigenvalue weighted by Crippen LogP contribution is -2.49. The van der Waals surface area contributed by atoms with Crippen LogP contribution in [0, 0.1) is 0 Å². The number of hydrogen-bond acceptors (Lipinski definition) is 3. The van der Waals surface area contributed by atoms with Crippen LogP contribution >= 0.6 is 43.6 Å². The van der Waals surface area contributed by atoms with Gasteiger partial charge in [-0.25, -0.2) is 0 Å². The van der Waals surface area contributed by atoms with Gasteiger partial charge >= 0.3 is 0 Å². The maximum absolute atomic E-state index is 13.0. The molecule has 0 fully saturated rings. The number of carbonyl (C=O) groups excluding carboxylic acids is 2. The van der Waals surface area contributed by atoms with Crippen molar-refractivity contribution in [1.82, 2.24) is 10.2 Å². The van der Waals surface area contributed by atoms with Crippen LogP contribution < -0.4 is 5.32 Å². The Morgan fingerprint density at radius 1 is 1.00 bits per heavy atom. The van der Waals surface area contributed by atoms with Gasteiger partial charge in [0.05, 0.1) is 5.75 Å². The second-order valence-corrected chi connectivity index (χ2v) is 9.93. The first kappa shape index (κ1) is 24.0. The number of rotatable bonds is 9. The van der Waals surface area contributed by atoms with Crippen molar-refractivity contribution in [2.45, 2.75) is 45.2 Å². The number of benzene rings is 2. The summed E-state index contributed by atoms with van der Waals surface area (Å²) >= 11 is 8.46. The molecule has 29 heavy (non-hydrogen) atoms. The highest BCUT2D eigenvalue weighted by molar-refractivity contribution is 9.10. The third-order valence-electron chi connectivity index (χ3n) is 4.25. The van der Waals surface area contributed by atoms with E-state index in [1.807, 2.05) is 62.4 Å². The molecule has 2 aromatic carbocycles. The lowest BCUT2D eigenvalue weighted by molar-refractivity contribution is -0.138. The van der Waals surface area contributed by atoms with E-state index >= 15 is 0 Å². The van der Waals surface area contributed by atoms with Crippen LogP contribution in [0.5, 0.6) is 0 Å². The second kappa shape index (κ2) is 11.8. The number of nitrogens with zero attached hydrogens (tertiary/aromatic N) is 1. The number of halogens is 2. The molecule has 156 valence electrons. The fraction of sp³-hybridized carbons (Fsp3) is 0.364. The van der Waals surface area contributed by atoms with Crippen molar-refractivity contribution in [3.63, 3.8) is 0 Å². The van der Waals surface area contributed by atoms with Gasteiger partial charge in [0.2, 0.25) is 11.8 Å². The smallest absolute Gasteiger partial charge is 0.242 e. The summed E-state index contributed by atoms with van der Waals surface area (Å²) in [5.74, 6) is 0.888. The molecule has 0 bridgehead atoms. The summed E-state index contributed by atoms with van der Waals surface area (Å²) in [4.78, 5) is 27.2. The minimum absolute atomic E-state index is 0.0274. The SMILES string of the molecule is CC(C)NC(=O)C(C)N(Cc1cccc(Br)c1)C(=O)CSCc1ccc(Br)cc1. The Balaban J connectivity index is 2.06. The van der Waals surface area contributed by atoms with E-state index in [0.29, 0.717) is 12.3 Å². The Labute approximate surface area is 194 Å². The number of thioether (sulfide) groups is 1. The van der Waals surface area contributed by atoms with Gasteiger partial charge in [0, 0.05) is 27.3 Å². The number of amides is 2. The van der Waals surface area contributed by atoms with E-state index in [2.05, 4.69) is 37.2 Å². The third kappa shape index (κ3) is 8.15. The summed E-state index contributed by atoms with van der Waals surface area (Å²) in [6.07, 6.45) is 0. The summed E-state index contributed by atoms with van der Waals surface area (Å²) in [7, 11) is 0. The van der Waals surface area contributed by atoms with Crippen LogP contribution in [0.3, 0.4) is 0 Å². The molecule has 0 saturated heterocycles. The minimum Gasteiger partial charge on any atom is -0.352 e. The number of carbonyl (C=O) groups is 2. The lowest BCUT2D eigenvalue weighted by atomic mass is 10.1. The Hall–Kier alpha value is -1.31. The van der Waals surface area contributed by atoms with E-state index in [1.54, 1.807) is 23.6 Å². The van der Waals surface area contributed by atoms with Crippen LogP contribution in [0.1, 0.15) is 31.9 Å². The molecule has 0 heterocycles. The second-order valence-electron chi connectivity index (χ2n) is 7.11. The summed E-state index contributed by atoms with van der Waals surface area (Å²) in [5, 5.41) is 2.91. The molecule has 1 atom stereocenters. The van der Waals surface area contributed by atoms with Crippen molar-refractivity contribution in [3.8, 4) is 0 Å². The Bertz CT molecular complexity index is 828. The van der Waals surface area contributed by atoms with Gasteiger partial charge in [-0.15, -0.1) is 11.8 Å². The van der Waals surface area contributed by atoms with E-state index in [-0.39, 0.29) is 17.9 Å². The number of nitrogens with one attached hydrogen (secondary N) is 1. The van der Waals surface area contributed by atoms with Gasteiger partial charge in [-0.2, -0.15) is 0 Å². The fourth-order valence-electron chi connectivity index (χ4n) is 2.74. The van der Waals surface area contributed by atoms with Crippen molar-refractivity contribution in [1.29, 1.82) is 0 Å². The van der Waals surface area contributed by atoms with Gasteiger partial charge in [0.1, 0.15) is 6.04 Å². The first-order valence-corrected chi connectivity index (χ1v) is 12.2. The van der Waals surface area contributed by atoms with Crippen molar-refractivity contribution in [2.24, 2.45) is 0 Å². The molecule has 0 aliphatic rings. The normalized spacial score (nSPS) is 11.9. The molecule has 7 heteroatoms. The molecule has 0 aliphatic heterocycles. The van der Waals surface area contributed by atoms with E-state index in [9.17, 15) is 9.59 Å². The van der Waals surface area contributed by atoms with Crippen molar-refractivity contribution in [2.75, 3.05) is 5.75 Å². The van der Waals surface area contributed by atoms with Crippen LogP contribution in [-0.4, -0.2) is 34.6 Å². The zero-order valence-electron chi connectivity index (χ0n) is 16.8. The van der Waals surface area contributed by atoms with Gasteiger partial charge < -0.3 is 10.2 Å².